The topological polar surface area (TPSA) is 20.3 Å². The highest BCUT2D eigenvalue weighted by molar-refractivity contribution is 6.36. The van der Waals surface area contributed by atoms with E-state index in [1.165, 1.54) is 0 Å². The molecule has 4 heteroatoms. The zero-order chi connectivity index (χ0) is 12.3. The van der Waals surface area contributed by atoms with Gasteiger partial charge in [0.2, 0.25) is 0 Å². The Balaban J connectivity index is 2.79. The Morgan fingerprint density at radius 3 is 2.19 bits per heavy atom. The number of carbonyl (C=O) groups excluding carboxylic acids is 1. The van der Waals surface area contributed by atoms with Gasteiger partial charge >= 0.3 is 0 Å². The van der Waals surface area contributed by atoms with Gasteiger partial charge in [0.25, 0.3) is 0 Å². The van der Waals surface area contributed by atoms with Crippen molar-refractivity contribution in [3.8, 4) is 0 Å². The third kappa shape index (κ3) is 3.78. The molecule has 16 heavy (non-hydrogen) atoms. The summed E-state index contributed by atoms with van der Waals surface area (Å²) in [6.07, 6.45) is 0.373. The molecule has 1 rings (SSSR count). The zero-order valence-electron chi connectivity index (χ0n) is 9.68. The first kappa shape index (κ1) is 13.5. The number of carbonyl (C=O) groups is 1. The Labute approximate surface area is 106 Å². The highest BCUT2D eigenvalue weighted by Crippen LogP contribution is 2.25. The molecule has 0 heterocycles. The normalized spacial score (nSPS) is 10.9. The van der Waals surface area contributed by atoms with Crippen LogP contribution in [0.1, 0.15) is 11.1 Å². The van der Waals surface area contributed by atoms with Crippen molar-refractivity contribution < 1.29 is 4.79 Å². The third-order valence-corrected chi connectivity index (χ3v) is 3.02. The van der Waals surface area contributed by atoms with Crippen molar-refractivity contribution >= 4 is 29.0 Å². The van der Waals surface area contributed by atoms with Crippen LogP contribution in [0, 0.1) is 6.92 Å². The van der Waals surface area contributed by atoms with Crippen LogP contribution >= 0.6 is 23.2 Å². The molecule has 1 aromatic rings. The van der Waals surface area contributed by atoms with Gasteiger partial charge in [-0.3, -0.25) is 4.79 Å². The van der Waals surface area contributed by atoms with Gasteiger partial charge in [0.15, 0.2) is 5.78 Å². The van der Waals surface area contributed by atoms with Gasteiger partial charge in [-0.25, -0.2) is 0 Å². The van der Waals surface area contributed by atoms with Crippen molar-refractivity contribution in [2.75, 3.05) is 20.6 Å². The molecule has 0 spiro atoms. The van der Waals surface area contributed by atoms with E-state index in [1.807, 2.05) is 25.9 Å². The van der Waals surface area contributed by atoms with Gasteiger partial charge in [-0.15, -0.1) is 0 Å². The van der Waals surface area contributed by atoms with Crippen LogP contribution in [-0.2, 0) is 11.2 Å². The predicted molar refractivity (Wildman–Crippen MR) is 68.5 cm³/mol. The van der Waals surface area contributed by atoms with E-state index in [4.69, 9.17) is 23.2 Å². The van der Waals surface area contributed by atoms with Crippen molar-refractivity contribution in [3.63, 3.8) is 0 Å². The minimum Gasteiger partial charge on any atom is -0.302 e. The number of rotatable bonds is 4. The van der Waals surface area contributed by atoms with Crippen molar-refractivity contribution in [1.82, 2.24) is 4.90 Å². The summed E-state index contributed by atoms with van der Waals surface area (Å²) in [6, 6.07) is 3.60. The summed E-state index contributed by atoms with van der Waals surface area (Å²) >= 11 is 12.0. The molecule has 0 atom stereocenters. The van der Waals surface area contributed by atoms with Gasteiger partial charge in [0, 0.05) is 16.5 Å². The fourth-order valence-corrected chi connectivity index (χ4v) is 1.97. The number of likely N-dealkylation sites (N-methyl/N-ethyl adjacent to an activating group) is 1. The number of ketones is 1. The molecule has 0 radical (unpaired) electrons. The molecule has 0 saturated carbocycles. The lowest BCUT2D eigenvalue weighted by Gasteiger charge is -2.09. The number of nitrogens with zero attached hydrogens (tertiary/aromatic N) is 1. The second-order valence-corrected chi connectivity index (χ2v) is 4.95. The fourth-order valence-electron chi connectivity index (χ4n) is 1.44. The average Bonchev–Trinajstić information content (AvgIpc) is 2.12. The lowest BCUT2D eigenvalue weighted by Crippen LogP contribution is -2.22. The van der Waals surface area contributed by atoms with Crippen molar-refractivity contribution in [3.05, 3.63) is 33.3 Å². The molecular weight excluding hydrogens is 245 g/mol. The van der Waals surface area contributed by atoms with Crippen molar-refractivity contribution in [2.24, 2.45) is 0 Å². The standard InChI is InChI=1S/C12H15Cl2NO/c1-8-11(13)5-9(6-12(8)14)4-10(16)7-15(2)3/h5-6H,4,7H2,1-3H3. The van der Waals surface area contributed by atoms with E-state index < -0.39 is 0 Å². The average molecular weight is 260 g/mol. The van der Waals surface area contributed by atoms with E-state index in [2.05, 4.69) is 0 Å². The minimum absolute atomic E-state index is 0.154. The fraction of sp³-hybridized carbons (Fsp3) is 0.417. The van der Waals surface area contributed by atoms with Gasteiger partial charge in [0.05, 0.1) is 6.54 Å². The van der Waals surface area contributed by atoms with Crippen LogP contribution in [-0.4, -0.2) is 31.3 Å². The van der Waals surface area contributed by atoms with E-state index in [9.17, 15) is 4.79 Å². The maximum Gasteiger partial charge on any atom is 0.151 e. The second kappa shape index (κ2) is 5.67. The van der Waals surface area contributed by atoms with Crippen LogP contribution in [0.25, 0.3) is 0 Å². The van der Waals surface area contributed by atoms with Crippen LogP contribution in [0.2, 0.25) is 10.0 Å². The van der Waals surface area contributed by atoms with Gasteiger partial charge in [-0.2, -0.15) is 0 Å². The third-order valence-electron chi connectivity index (χ3n) is 2.23. The second-order valence-electron chi connectivity index (χ2n) is 4.14. The molecule has 0 saturated heterocycles. The molecule has 0 aliphatic rings. The Kier molecular flexibility index (Phi) is 4.78. The van der Waals surface area contributed by atoms with E-state index >= 15 is 0 Å². The first-order valence-electron chi connectivity index (χ1n) is 5.01. The van der Waals surface area contributed by atoms with Gasteiger partial charge in [-0.1, -0.05) is 23.2 Å². The molecule has 0 aliphatic heterocycles. The van der Waals surface area contributed by atoms with Crippen molar-refractivity contribution in [2.45, 2.75) is 13.3 Å². The minimum atomic E-state index is 0.154. The molecule has 88 valence electrons. The van der Waals surface area contributed by atoms with E-state index in [1.54, 1.807) is 12.1 Å². The first-order chi connectivity index (χ1) is 7.40. The summed E-state index contributed by atoms with van der Waals surface area (Å²) in [6.45, 7) is 2.29. The molecule has 0 bridgehead atoms. The molecule has 0 aliphatic carbocycles. The van der Waals surface area contributed by atoms with Crippen molar-refractivity contribution in [1.29, 1.82) is 0 Å². The van der Waals surface area contributed by atoms with Crippen LogP contribution in [0.4, 0.5) is 0 Å². The summed E-state index contributed by atoms with van der Waals surface area (Å²) in [5.74, 6) is 0.154. The zero-order valence-corrected chi connectivity index (χ0v) is 11.2. The Bertz CT molecular complexity index is 379. The maximum absolute atomic E-state index is 11.6. The number of hydrogen-bond donors (Lipinski definition) is 0. The molecule has 0 aromatic heterocycles. The van der Waals surface area contributed by atoms with Crippen LogP contribution < -0.4 is 0 Å². The maximum atomic E-state index is 11.6. The molecule has 1 aromatic carbocycles. The van der Waals surface area contributed by atoms with E-state index in [0.29, 0.717) is 23.0 Å². The molecule has 0 unspecified atom stereocenters. The van der Waals surface area contributed by atoms with Gasteiger partial charge in [0.1, 0.15) is 0 Å². The quantitative estimate of drug-likeness (QED) is 0.829. The lowest BCUT2D eigenvalue weighted by molar-refractivity contribution is -0.119. The van der Waals surface area contributed by atoms with Gasteiger partial charge < -0.3 is 4.90 Å². The summed E-state index contributed by atoms with van der Waals surface area (Å²) in [4.78, 5) is 13.4. The summed E-state index contributed by atoms with van der Waals surface area (Å²) < 4.78 is 0. The monoisotopic (exact) mass is 259 g/mol. The SMILES string of the molecule is Cc1c(Cl)cc(CC(=O)CN(C)C)cc1Cl. The van der Waals surface area contributed by atoms with Crippen LogP contribution in [0.5, 0.6) is 0 Å². The molecule has 0 fully saturated rings. The van der Waals surface area contributed by atoms with E-state index in [0.717, 1.165) is 11.1 Å². The largest absolute Gasteiger partial charge is 0.302 e. The number of halogens is 2. The number of Topliss-reactive ketones (excluding diaryl/α,β-unsaturated/α-hetero) is 1. The van der Waals surface area contributed by atoms with E-state index in [-0.39, 0.29) is 5.78 Å². The Morgan fingerprint density at radius 1 is 1.25 bits per heavy atom. The Hall–Kier alpha value is -0.570. The molecule has 2 nitrogen and oxygen atoms in total. The highest BCUT2D eigenvalue weighted by Gasteiger charge is 2.08. The van der Waals surface area contributed by atoms with Gasteiger partial charge in [-0.05, 0) is 44.3 Å². The molecular formula is C12H15Cl2NO. The number of hydrogen-bond acceptors (Lipinski definition) is 2. The van der Waals surface area contributed by atoms with Crippen LogP contribution in [0.15, 0.2) is 12.1 Å². The first-order valence-corrected chi connectivity index (χ1v) is 5.76. The highest BCUT2D eigenvalue weighted by atomic mass is 35.5. The molecule has 0 N–H and O–H groups in total. The summed E-state index contributed by atoms with van der Waals surface area (Å²) in [5, 5.41) is 1.22. The Morgan fingerprint density at radius 2 is 1.75 bits per heavy atom. The smallest absolute Gasteiger partial charge is 0.151 e. The predicted octanol–water partition coefficient (Wildman–Crippen LogP) is 2.98. The summed E-state index contributed by atoms with van der Waals surface area (Å²) in [5.41, 5.74) is 1.72. The number of benzene rings is 1. The molecule has 0 amide bonds. The lowest BCUT2D eigenvalue weighted by atomic mass is 10.1. The summed E-state index contributed by atoms with van der Waals surface area (Å²) in [7, 11) is 3.74. The van der Waals surface area contributed by atoms with Crippen LogP contribution in [0.3, 0.4) is 0 Å².